The monoisotopic (exact) mass is 233 g/mol. The Hall–Kier alpha value is -1.35. The van der Waals surface area contributed by atoms with E-state index in [-0.39, 0.29) is 12.5 Å². The summed E-state index contributed by atoms with van der Waals surface area (Å²) in [5, 5.41) is 0. The zero-order valence-corrected chi connectivity index (χ0v) is 10.5. The molecule has 1 amide bonds. The molecule has 92 valence electrons. The number of ether oxygens (including phenoxy) is 1. The molecule has 1 saturated heterocycles. The van der Waals surface area contributed by atoms with Crippen LogP contribution < -0.4 is 4.90 Å². The number of hydrogen-bond acceptors (Lipinski definition) is 2. The Labute approximate surface area is 102 Å². The number of rotatable bonds is 3. The quantitative estimate of drug-likeness (QED) is 0.803. The van der Waals surface area contributed by atoms with Crippen molar-refractivity contribution >= 4 is 11.6 Å². The fourth-order valence-corrected chi connectivity index (χ4v) is 2.03. The van der Waals surface area contributed by atoms with E-state index >= 15 is 0 Å². The van der Waals surface area contributed by atoms with Crippen LogP contribution in [0.25, 0.3) is 0 Å². The SMILES string of the molecule is CCC(C)c1cccc(N2CCOCC2=O)c1. The van der Waals surface area contributed by atoms with Gasteiger partial charge >= 0.3 is 0 Å². The van der Waals surface area contributed by atoms with Gasteiger partial charge in [-0.1, -0.05) is 26.0 Å². The molecular formula is C14H19NO2. The fraction of sp³-hybridized carbons (Fsp3) is 0.500. The highest BCUT2D eigenvalue weighted by Crippen LogP contribution is 2.24. The molecule has 0 saturated carbocycles. The van der Waals surface area contributed by atoms with Crippen molar-refractivity contribution in [3.8, 4) is 0 Å². The summed E-state index contributed by atoms with van der Waals surface area (Å²) in [6, 6.07) is 8.27. The predicted molar refractivity (Wildman–Crippen MR) is 68.3 cm³/mol. The largest absolute Gasteiger partial charge is 0.370 e. The Bertz CT molecular complexity index is 403. The first-order chi connectivity index (χ1) is 8.22. The Morgan fingerprint density at radius 3 is 3.00 bits per heavy atom. The number of carbonyl (C=O) groups excluding carboxylic acids is 1. The molecule has 3 heteroatoms. The Kier molecular flexibility index (Phi) is 3.79. The summed E-state index contributed by atoms with van der Waals surface area (Å²) >= 11 is 0. The molecule has 17 heavy (non-hydrogen) atoms. The average Bonchev–Trinajstić information content (AvgIpc) is 2.38. The summed E-state index contributed by atoms with van der Waals surface area (Å²) in [6.07, 6.45) is 1.11. The van der Waals surface area contributed by atoms with Gasteiger partial charge in [-0.3, -0.25) is 4.79 Å². The second kappa shape index (κ2) is 5.32. The summed E-state index contributed by atoms with van der Waals surface area (Å²) in [4.78, 5) is 13.6. The third-order valence-electron chi connectivity index (χ3n) is 3.35. The number of amides is 1. The third-order valence-corrected chi connectivity index (χ3v) is 3.35. The lowest BCUT2D eigenvalue weighted by Crippen LogP contribution is -2.41. The molecule has 0 aliphatic carbocycles. The van der Waals surface area contributed by atoms with E-state index in [1.807, 2.05) is 17.0 Å². The number of nitrogens with zero attached hydrogens (tertiary/aromatic N) is 1. The van der Waals surface area contributed by atoms with Crippen molar-refractivity contribution < 1.29 is 9.53 Å². The van der Waals surface area contributed by atoms with Gasteiger partial charge in [0.25, 0.3) is 5.91 Å². The lowest BCUT2D eigenvalue weighted by molar-refractivity contribution is -0.125. The van der Waals surface area contributed by atoms with Gasteiger partial charge in [-0.05, 0) is 30.0 Å². The van der Waals surface area contributed by atoms with Crippen molar-refractivity contribution in [1.82, 2.24) is 0 Å². The van der Waals surface area contributed by atoms with Crippen molar-refractivity contribution in [1.29, 1.82) is 0 Å². The Morgan fingerprint density at radius 1 is 1.47 bits per heavy atom. The molecule has 1 fully saturated rings. The maximum absolute atomic E-state index is 11.7. The van der Waals surface area contributed by atoms with E-state index in [0.717, 1.165) is 12.1 Å². The van der Waals surface area contributed by atoms with Gasteiger partial charge in [0.1, 0.15) is 6.61 Å². The van der Waals surface area contributed by atoms with E-state index in [0.29, 0.717) is 19.1 Å². The number of benzene rings is 1. The molecule has 1 aromatic carbocycles. The van der Waals surface area contributed by atoms with Gasteiger partial charge in [0.2, 0.25) is 0 Å². The van der Waals surface area contributed by atoms with Crippen LogP contribution >= 0.6 is 0 Å². The van der Waals surface area contributed by atoms with Crippen LogP contribution in [0.5, 0.6) is 0 Å². The first kappa shape index (κ1) is 12.1. The minimum atomic E-state index is 0.0533. The van der Waals surface area contributed by atoms with Gasteiger partial charge in [-0.25, -0.2) is 0 Å². The molecule has 3 nitrogen and oxygen atoms in total. The molecule has 1 heterocycles. The number of anilines is 1. The lowest BCUT2D eigenvalue weighted by atomic mass is 9.98. The van der Waals surface area contributed by atoms with Crippen LogP contribution in [0.4, 0.5) is 5.69 Å². The van der Waals surface area contributed by atoms with E-state index in [9.17, 15) is 4.79 Å². The van der Waals surface area contributed by atoms with Crippen LogP contribution in [0, 0.1) is 0 Å². The van der Waals surface area contributed by atoms with Crippen LogP contribution in [-0.2, 0) is 9.53 Å². The summed E-state index contributed by atoms with van der Waals surface area (Å²) in [5.41, 5.74) is 2.29. The Morgan fingerprint density at radius 2 is 2.29 bits per heavy atom. The van der Waals surface area contributed by atoms with Gasteiger partial charge in [-0.15, -0.1) is 0 Å². The van der Waals surface area contributed by atoms with Crippen molar-refractivity contribution in [2.45, 2.75) is 26.2 Å². The number of carbonyl (C=O) groups is 1. The second-order valence-electron chi connectivity index (χ2n) is 4.50. The molecule has 0 radical (unpaired) electrons. The summed E-state index contributed by atoms with van der Waals surface area (Å²) < 4.78 is 5.14. The molecular weight excluding hydrogens is 214 g/mol. The van der Waals surface area contributed by atoms with Crippen LogP contribution in [0.3, 0.4) is 0 Å². The van der Waals surface area contributed by atoms with E-state index < -0.39 is 0 Å². The first-order valence-corrected chi connectivity index (χ1v) is 6.20. The molecule has 2 rings (SSSR count). The number of hydrogen-bond donors (Lipinski definition) is 0. The zero-order chi connectivity index (χ0) is 12.3. The van der Waals surface area contributed by atoms with Crippen LogP contribution in [0.15, 0.2) is 24.3 Å². The normalized spacial score (nSPS) is 18.2. The van der Waals surface area contributed by atoms with E-state index in [1.165, 1.54) is 5.56 Å². The molecule has 1 aromatic rings. The summed E-state index contributed by atoms with van der Waals surface area (Å²) in [5.74, 6) is 0.587. The molecule has 1 unspecified atom stereocenters. The van der Waals surface area contributed by atoms with Crippen LogP contribution in [0.1, 0.15) is 31.7 Å². The Balaban J connectivity index is 2.23. The number of morpholine rings is 1. The van der Waals surface area contributed by atoms with Crippen LogP contribution in [0.2, 0.25) is 0 Å². The summed E-state index contributed by atoms with van der Waals surface area (Å²) in [7, 11) is 0. The minimum absolute atomic E-state index is 0.0533. The molecule has 0 bridgehead atoms. The third kappa shape index (κ3) is 2.67. The fourth-order valence-electron chi connectivity index (χ4n) is 2.03. The molecule has 1 atom stereocenters. The lowest BCUT2D eigenvalue weighted by Gasteiger charge is -2.27. The highest BCUT2D eigenvalue weighted by Gasteiger charge is 2.20. The molecule has 0 N–H and O–H groups in total. The smallest absolute Gasteiger partial charge is 0.253 e. The molecule has 1 aliphatic rings. The van der Waals surface area contributed by atoms with E-state index in [2.05, 4.69) is 26.0 Å². The molecule has 1 aliphatic heterocycles. The van der Waals surface area contributed by atoms with Crippen molar-refractivity contribution in [2.24, 2.45) is 0 Å². The van der Waals surface area contributed by atoms with Gasteiger partial charge < -0.3 is 9.64 Å². The van der Waals surface area contributed by atoms with Crippen LogP contribution in [-0.4, -0.2) is 25.7 Å². The summed E-state index contributed by atoms with van der Waals surface area (Å²) in [6.45, 7) is 5.87. The van der Waals surface area contributed by atoms with E-state index in [1.54, 1.807) is 0 Å². The zero-order valence-electron chi connectivity index (χ0n) is 10.5. The van der Waals surface area contributed by atoms with Gasteiger partial charge in [0, 0.05) is 12.2 Å². The van der Waals surface area contributed by atoms with Gasteiger partial charge in [0.15, 0.2) is 0 Å². The van der Waals surface area contributed by atoms with Crippen molar-refractivity contribution in [2.75, 3.05) is 24.7 Å². The molecule has 0 aromatic heterocycles. The second-order valence-corrected chi connectivity index (χ2v) is 4.50. The maximum atomic E-state index is 11.7. The molecule has 0 spiro atoms. The van der Waals surface area contributed by atoms with Crippen molar-refractivity contribution in [3.05, 3.63) is 29.8 Å². The first-order valence-electron chi connectivity index (χ1n) is 6.20. The predicted octanol–water partition coefficient (Wildman–Crippen LogP) is 2.56. The van der Waals surface area contributed by atoms with Crippen molar-refractivity contribution in [3.63, 3.8) is 0 Å². The standard InChI is InChI=1S/C14H19NO2/c1-3-11(2)12-5-4-6-13(9-12)15-7-8-17-10-14(15)16/h4-6,9,11H,3,7-8,10H2,1-2H3. The highest BCUT2D eigenvalue weighted by molar-refractivity contribution is 5.94. The average molecular weight is 233 g/mol. The van der Waals surface area contributed by atoms with E-state index in [4.69, 9.17) is 4.74 Å². The minimum Gasteiger partial charge on any atom is -0.370 e. The van der Waals surface area contributed by atoms with Gasteiger partial charge in [0.05, 0.1) is 6.61 Å². The highest BCUT2D eigenvalue weighted by atomic mass is 16.5. The topological polar surface area (TPSA) is 29.5 Å². The van der Waals surface area contributed by atoms with Gasteiger partial charge in [-0.2, -0.15) is 0 Å². The maximum Gasteiger partial charge on any atom is 0.253 e.